The molecule has 8 nitrogen and oxygen atoms in total. The zero-order valence-corrected chi connectivity index (χ0v) is 21.2. The number of alkyl halides is 6. The molecule has 214 valence electrons. The van der Waals surface area contributed by atoms with Crippen molar-refractivity contribution in [3.63, 3.8) is 0 Å². The second kappa shape index (κ2) is 11.1. The predicted molar refractivity (Wildman–Crippen MR) is 125 cm³/mol. The molecule has 0 spiro atoms. The second-order valence-electron chi connectivity index (χ2n) is 8.88. The van der Waals surface area contributed by atoms with Crippen LogP contribution in [0.15, 0.2) is 53.8 Å². The van der Waals surface area contributed by atoms with Crippen LogP contribution in [0.1, 0.15) is 36.7 Å². The van der Waals surface area contributed by atoms with Crippen LogP contribution in [0.5, 0.6) is 0 Å². The number of nitrogens with one attached hydrogen (secondary N) is 1. The van der Waals surface area contributed by atoms with E-state index in [-0.39, 0.29) is 21.7 Å². The van der Waals surface area contributed by atoms with Crippen LogP contribution in [-0.4, -0.2) is 51.8 Å². The highest BCUT2D eigenvalue weighted by molar-refractivity contribution is 7.89. The number of carbonyl (C=O) groups excluding carboxylic acids is 1. The van der Waals surface area contributed by atoms with E-state index < -0.39 is 77.0 Å². The minimum absolute atomic E-state index is 0.0251. The second-order valence-corrected chi connectivity index (χ2v) is 10.7. The quantitative estimate of drug-likeness (QED) is 0.408. The lowest BCUT2D eigenvalue weighted by atomic mass is 10.1. The van der Waals surface area contributed by atoms with E-state index >= 15 is 0 Å². The topological polar surface area (TPSA) is 105 Å². The largest absolute Gasteiger partial charge is 0.451 e. The molecule has 3 unspecified atom stereocenters. The number of benzene rings is 1. The van der Waals surface area contributed by atoms with Crippen molar-refractivity contribution < 1.29 is 43.9 Å². The SMILES string of the molecule is CC1C(F)CC(C(=O)NCc2cc(-c3cnc(C(F)(F)F)nc3)ncc2C(F)F)N1S(=O)(=O)c1ccc(F)cc1. The standard InChI is InChI=1S/C24H20F7N5O3S/c1-12-18(26)7-20(36(12)40(38,39)16-4-2-15(25)3-5-16)22(37)33-8-13-6-19(32-11-17(13)21(27)28)14-9-34-23(35-10-14)24(29,30)31/h2-6,9-12,18,20-21H,7-8H2,1H3,(H,33,37). The molecular weight excluding hydrogens is 571 g/mol. The lowest BCUT2D eigenvalue weighted by Gasteiger charge is -2.27. The average molecular weight is 592 g/mol. The van der Waals surface area contributed by atoms with E-state index in [1.54, 1.807) is 0 Å². The van der Waals surface area contributed by atoms with E-state index in [0.29, 0.717) is 4.31 Å². The normalized spacial score (nSPS) is 20.2. The number of nitrogens with zero attached hydrogens (tertiary/aromatic N) is 4. The maximum Gasteiger partial charge on any atom is 0.451 e. The van der Waals surface area contributed by atoms with Crippen LogP contribution in [-0.2, 0) is 27.5 Å². The van der Waals surface area contributed by atoms with Crippen molar-refractivity contribution in [2.45, 2.75) is 55.6 Å². The molecule has 1 aliphatic heterocycles. The third-order valence-corrected chi connectivity index (χ3v) is 8.30. The molecule has 3 atom stereocenters. The van der Waals surface area contributed by atoms with Crippen molar-refractivity contribution in [2.75, 3.05) is 0 Å². The molecule has 16 heteroatoms. The first-order valence-corrected chi connectivity index (χ1v) is 13.0. The van der Waals surface area contributed by atoms with Crippen molar-refractivity contribution >= 4 is 15.9 Å². The van der Waals surface area contributed by atoms with Gasteiger partial charge in [0.2, 0.25) is 21.8 Å². The molecule has 0 saturated carbocycles. The van der Waals surface area contributed by atoms with Gasteiger partial charge >= 0.3 is 6.18 Å². The van der Waals surface area contributed by atoms with Crippen LogP contribution in [0.4, 0.5) is 30.7 Å². The number of hydrogen-bond donors (Lipinski definition) is 1. The summed E-state index contributed by atoms with van der Waals surface area (Å²) in [5, 5.41) is 2.33. The minimum atomic E-state index is -4.80. The summed E-state index contributed by atoms with van der Waals surface area (Å²) in [4.78, 5) is 22.9. The van der Waals surface area contributed by atoms with Gasteiger partial charge in [0, 0.05) is 42.7 Å². The number of hydrogen-bond acceptors (Lipinski definition) is 6. The Morgan fingerprint density at radius 1 is 1.10 bits per heavy atom. The third kappa shape index (κ3) is 5.91. The van der Waals surface area contributed by atoms with E-state index in [9.17, 15) is 43.9 Å². The first kappa shape index (κ1) is 29.3. The van der Waals surface area contributed by atoms with E-state index in [4.69, 9.17) is 0 Å². The number of carbonyl (C=O) groups is 1. The monoisotopic (exact) mass is 591 g/mol. The van der Waals surface area contributed by atoms with Crippen LogP contribution < -0.4 is 5.32 Å². The first-order chi connectivity index (χ1) is 18.7. The first-order valence-electron chi connectivity index (χ1n) is 11.6. The highest BCUT2D eigenvalue weighted by Gasteiger charge is 2.49. The van der Waals surface area contributed by atoms with E-state index in [1.807, 2.05) is 0 Å². The molecule has 1 aliphatic rings. The zero-order chi connectivity index (χ0) is 29.4. The fourth-order valence-corrected chi connectivity index (χ4v) is 6.03. The molecule has 1 amide bonds. The Morgan fingerprint density at radius 2 is 1.73 bits per heavy atom. The van der Waals surface area contributed by atoms with Crippen molar-refractivity contribution in [1.29, 1.82) is 0 Å². The minimum Gasteiger partial charge on any atom is -0.351 e. The summed E-state index contributed by atoms with van der Waals surface area (Å²) in [7, 11) is -4.45. The Bertz CT molecular complexity index is 1490. The fraction of sp³-hybridized carbons (Fsp3) is 0.333. The molecule has 1 fully saturated rings. The Labute approximate surface area is 223 Å². The molecule has 1 aromatic carbocycles. The zero-order valence-electron chi connectivity index (χ0n) is 20.4. The number of halogens is 7. The van der Waals surface area contributed by atoms with Gasteiger partial charge in [0.15, 0.2) is 0 Å². The molecule has 4 rings (SSSR count). The highest BCUT2D eigenvalue weighted by atomic mass is 32.2. The van der Waals surface area contributed by atoms with Gasteiger partial charge in [-0.2, -0.15) is 17.5 Å². The van der Waals surface area contributed by atoms with Gasteiger partial charge in [0.1, 0.15) is 18.0 Å². The van der Waals surface area contributed by atoms with E-state index in [1.165, 1.54) is 6.92 Å². The summed E-state index contributed by atoms with van der Waals surface area (Å²) in [6, 6.07) is 2.02. The molecular formula is C24H20F7N5O3S. The van der Waals surface area contributed by atoms with Crippen LogP contribution in [0.2, 0.25) is 0 Å². The van der Waals surface area contributed by atoms with Crippen LogP contribution in [0, 0.1) is 5.82 Å². The lowest BCUT2D eigenvalue weighted by molar-refractivity contribution is -0.145. The Balaban J connectivity index is 1.58. The van der Waals surface area contributed by atoms with Crippen molar-refractivity contribution in [2.24, 2.45) is 0 Å². The highest BCUT2D eigenvalue weighted by Crippen LogP contribution is 2.34. The molecule has 40 heavy (non-hydrogen) atoms. The molecule has 2 aromatic heterocycles. The summed E-state index contributed by atoms with van der Waals surface area (Å²) >= 11 is 0. The van der Waals surface area contributed by atoms with Crippen LogP contribution >= 0.6 is 0 Å². The Hall–Kier alpha value is -3.66. The molecule has 3 heterocycles. The maximum atomic E-state index is 14.6. The number of sulfonamides is 1. The molecule has 0 aliphatic carbocycles. The summed E-state index contributed by atoms with van der Waals surface area (Å²) in [5.41, 5.74) is -0.871. The molecule has 3 aromatic rings. The van der Waals surface area contributed by atoms with Gasteiger partial charge in [-0.15, -0.1) is 0 Å². The van der Waals surface area contributed by atoms with Crippen molar-refractivity contribution in [3.05, 3.63) is 71.7 Å². The fourth-order valence-electron chi connectivity index (χ4n) is 4.22. The summed E-state index contributed by atoms with van der Waals surface area (Å²) in [5.74, 6) is -3.10. The third-order valence-electron chi connectivity index (χ3n) is 6.29. The number of rotatable bonds is 7. The number of aromatic nitrogens is 3. The van der Waals surface area contributed by atoms with Crippen molar-refractivity contribution in [3.8, 4) is 11.3 Å². The van der Waals surface area contributed by atoms with Crippen molar-refractivity contribution in [1.82, 2.24) is 24.6 Å². The predicted octanol–water partition coefficient (Wildman–Crippen LogP) is 4.44. The van der Waals surface area contributed by atoms with Gasteiger partial charge in [0.05, 0.1) is 16.6 Å². The van der Waals surface area contributed by atoms with E-state index in [0.717, 1.165) is 48.9 Å². The van der Waals surface area contributed by atoms with Crippen LogP contribution in [0.3, 0.4) is 0 Å². The van der Waals surface area contributed by atoms with E-state index in [2.05, 4.69) is 20.3 Å². The molecule has 0 bridgehead atoms. The van der Waals surface area contributed by atoms with Gasteiger partial charge < -0.3 is 5.32 Å². The molecule has 1 saturated heterocycles. The Morgan fingerprint density at radius 3 is 2.30 bits per heavy atom. The summed E-state index contributed by atoms with van der Waals surface area (Å²) < 4.78 is 121. The number of amides is 1. The van der Waals surface area contributed by atoms with Gasteiger partial charge in [0.25, 0.3) is 6.43 Å². The summed E-state index contributed by atoms with van der Waals surface area (Å²) in [6.45, 7) is 0.691. The number of pyridine rings is 1. The van der Waals surface area contributed by atoms with Gasteiger partial charge in [-0.1, -0.05) is 0 Å². The van der Waals surface area contributed by atoms with Gasteiger partial charge in [-0.05, 0) is 42.8 Å². The Kier molecular flexibility index (Phi) is 8.12. The molecule has 0 radical (unpaired) electrons. The van der Waals surface area contributed by atoms with Gasteiger partial charge in [-0.25, -0.2) is 35.9 Å². The van der Waals surface area contributed by atoms with Gasteiger partial charge in [-0.3, -0.25) is 9.78 Å². The van der Waals surface area contributed by atoms with Crippen LogP contribution in [0.25, 0.3) is 11.3 Å². The average Bonchev–Trinajstić information content (AvgIpc) is 3.21. The molecule has 1 N–H and O–H groups in total. The maximum absolute atomic E-state index is 14.6. The lowest BCUT2D eigenvalue weighted by Crippen LogP contribution is -2.48. The smallest absolute Gasteiger partial charge is 0.351 e. The summed E-state index contributed by atoms with van der Waals surface area (Å²) in [6.07, 6.45) is -7.69.